The third-order valence-electron chi connectivity index (χ3n) is 2.66. The van der Waals surface area contributed by atoms with Crippen molar-refractivity contribution in [3.8, 4) is 0 Å². The molecule has 0 saturated heterocycles. The molecule has 1 unspecified atom stereocenters. The maximum Gasteiger partial charge on any atom is 0.123 e. The van der Waals surface area contributed by atoms with Crippen LogP contribution in [-0.2, 0) is 0 Å². The zero-order chi connectivity index (χ0) is 11.5. The molecular weight excluding hydrogens is 221 g/mol. The second-order valence-corrected chi connectivity index (χ2v) is 4.72. The van der Waals surface area contributed by atoms with Gasteiger partial charge in [0.2, 0.25) is 0 Å². The average Bonchev–Trinajstić information content (AvgIpc) is 2.75. The summed E-state index contributed by atoms with van der Waals surface area (Å²) in [6.07, 6.45) is 0. The minimum Gasteiger partial charge on any atom is -0.309 e. The van der Waals surface area contributed by atoms with Gasteiger partial charge in [0.25, 0.3) is 0 Å². The van der Waals surface area contributed by atoms with Gasteiger partial charge in [-0.2, -0.15) is 0 Å². The van der Waals surface area contributed by atoms with Crippen LogP contribution in [0.15, 0.2) is 35.7 Å². The summed E-state index contributed by atoms with van der Waals surface area (Å²) in [6, 6.07) is 9.22. The number of nitrogens with one attached hydrogen (secondary N) is 1. The van der Waals surface area contributed by atoms with Crippen LogP contribution in [0.4, 0.5) is 4.39 Å². The van der Waals surface area contributed by atoms with Crippen molar-refractivity contribution >= 4 is 11.3 Å². The summed E-state index contributed by atoms with van der Waals surface area (Å²) in [5, 5.41) is 5.32. The predicted molar refractivity (Wildman–Crippen MR) is 66.4 cm³/mol. The normalized spacial score (nSPS) is 12.7. The number of halogens is 1. The topological polar surface area (TPSA) is 12.0 Å². The van der Waals surface area contributed by atoms with Crippen molar-refractivity contribution in [1.29, 1.82) is 0 Å². The van der Waals surface area contributed by atoms with Crippen LogP contribution in [0.1, 0.15) is 22.0 Å². The molecule has 16 heavy (non-hydrogen) atoms. The first-order valence-corrected chi connectivity index (χ1v) is 6.07. The number of hydrogen-bond donors (Lipinski definition) is 1. The Bertz CT molecular complexity index is 465. The maximum absolute atomic E-state index is 13.0. The molecule has 1 atom stereocenters. The predicted octanol–water partition coefficient (Wildman–Crippen LogP) is 3.50. The molecule has 1 N–H and O–H groups in total. The Morgan fingerprint density at radius 2 is 2.12 bits per heavy atom. The van der Waals surface area contributed by atoms with Gasteiger partial charge in [-0.1, -0.05) is 12.1 Å². The van der Waals surface area contributed by atoms with E-state index in [0.29, 0.717) is 0 Å². The Balaban J connectivity index is 2.41. The van der Waals surface area contributed by atoms with Crippen molar-refractivity contribution in [3.63, 3.8) is 0 Å². The van der Waals surface area contributed by atoms with Gasteiger partial charge in [-0.15, -0.1) is 11.3 Å². The van der Waals surface area contributed by atoms with Crippen molar-refractivity contribution in [3.05, 3.63) is 57.5 Å². The molecule has 0 spiro atoms. The number of thiophene rings is 1. The summed E-state index contributed by atoms with van der Waals surface area (Å²) in [5.41, 5.74) is 2.11. The molecule has 1 heterocycles. The van der Waals surface area contributed by atoms with Gasteiger partial charge in [-0.05, 0) is 48.7 Å². The van der Waals surface area contributed by atoms with E-state index in [-0.39, 0.29) is 11.9 Å². The van der Waals surface area contributed by atoms with Crippen molar-refractivity contribution < 1.29 is 4.39 Å². The number of hydrogen-bond acceptors (Lipinski definition) is 2. The van der Waals surface area contributed by atoms with E-state index in [1.54, 1.807) is 17.4 Å². The Kier molecular flexibility index (Phi) is 3.36. The minimum atomic E-state index is -0.178. The third kappa shape index (κ3) is 2.15. The maximum atomic E-state index is 13.0. The Hall–Kier alpha value is -1.19. The molecular formula is C13H14FNS. The monoisotopic (exact) mass is 235 g/mol. The zero-order valence-electron chi connectivity index (χ0n) is 9.33. The molecule has 0 bridgehead atoms. The standard InChI is InChI=1S/C13H14FNS/c1-9-8-10(14)5-6-11(9)13(15-2)12-4-3-7-16-12/h3-8,13,15H,1-2H3. The highest BCUT2D eigenvalue weighted by atomic mass is 32.1. The van der Waals surface area contributed by atoms with Crippen LogP contribution in [-0.4, -0.2) is 7.05 Å². The molecule has 84 valence electrons. The fourth-order valence-electron chi connectivity index (χ4n) is 1.87. The van der Waals surface area contributed by atoms with Crippen LogP contribution in [0.5, 0.6) is 0 Å². The van der Waals surface area contributed by atoms with Crippen LogP contribution < -0.4 is 5.32 Å². The van der Waals surface area contributed by atoms with E-state index in [1.807, 2.05) is 26.1 Å². The van der Waals surface area contributed by atoms with Gasteiger partial charge in [0, 0.05) is 4.88 Å². The van der Waals surface area contributed by atoms with Gasteiger partial charge in [-0.25, -0.2) is 4.39 Å². The van der Waals surface area contributed by atoms with Crippen LogP contribution in [0.25, 0.3) is 0 Å². The van der Waals surface area contributed by atoms with E-state index in [9.17, 15) is 4.39 Å². The van der Waals surface area contributed by atoms with E-state index in [0.717, 1.165) is 11.1 Å². The van der Waals surface area contributed by atoms with Crippen molar-refractivity contribution in [1.82, 2.24) is 5.32 Å². The van der Waals surface area contributed by atoms with Crippen molar-refractivity contribution in [2.45, 2.75) is 13.0 Å². The summed E-state index contributed by atoms with van der Waals surface area (Å²) in [4.78, 5) is 1.25. The summed E-state index contributed by atoms with van der Waals surface area (Å²) in [6.45, 7) is 1.94. The quantitative estimate of drug-likeness (QED) is 0.858. The molecule has 0 aliphatic rings. The highest BCUT2D eigenvalue weighted by Gasteiger charge is 2.15. The largest absolute Gasteiger partial charge is 0.309 e. The molecule has 0 aliphatic carbocycles. The lowest BCUT2D eigenvalue weighted by Gasteiger charge is -2.17. The average molecular weight is 235 g/mol. The smallest absolute Gasteiger partial charge is 0.123 e. The fourth-order valence-corrected chi connectivity index (χ4v) is 2.72. The molecule has 3 heteroatoms. The Labute approximate surface area is 98.9 Å². The van der Waals surface area contributed by atoms with Gasteiger partial charge < -0.3 is 5.32 Å². The SMILES string of the molecule is CNC(c1cccs1)c1ccc(F)cc1C. The zero-order valence-corrected chi connectivity index (χ0v) is 10.1. The molecule has 1 aromatic heterocycles. The Morgan fingerprint density at radius 1 is 1.31 bits per heavy atom. The van der Waals surface area contributed by atoms with Crippen LogP contribution in [0, 0.1) is 12.7 Å². The summed E-state index contributed by atoms with van der Waals surface area (Å²) < 4.78 is 13.0. The van der Waals surface area contributed by atoms with E-state index >= 15 is 0 Å². The molecule has 1 nitrogen and oxygen atoms in total. The van der Waals surface area contributed by atoms with E-state index in [2.05, 4.69) is 16.8 Å². The number of aryl methyl sites for hydroxylation is 1. The van der Waals surface area contributed by atoms with Gasteiger partial charge in [0.15, 0.2) is 0 Å². The number of benzene rings is 1. The second kappa shape index (κ2) is 4.76. The molecule has 2 rings (SSSR count). The second-order valence-electron chi connectivity index (χ2n) is 3.74. The van der Waals surface area contributed by atoms with Crippen molar-refractivity contribution in [2.24, 2.45) is 0 Å². The molecule has 0 saturated carbocycles. The molecule has 0 fully saturated rings. The third-order valence-corrected chi connectivity index (χ3v) is 3.60. The van der Waals surface area contributed by atoms with Crippen LogP contribution in [0.2, 0.25) is 0 Å². The fraction of sp³-hybridized carbons (Fsp3) is 0.231. The van der Waals surface area contributed by atoms with E-state index in [4.69, 9.17) is 0 Å². The number of rotatable bonds is 3. The van der Waals surface area contributed by atoms with E-state index < -0.39 is 0 Å². The lowest BCUT2D eigenvalue weighted by Crippen LogP contribution is -2.17. The lowest BCUT2D eigenvalue weighted by molar-refractivity contribution is 0.622. The van der Waals surface area contributed by atoms with Gasteiger partial charge >= 0.3 is 0 Å². The van der Waals surface area contributed by atoms with Gasteiger partial charge in [0.05, 0.1) is 6.04 Å². The molecule has 0 aliphatic heterocycles. The molecule has 0 radical (unpaired) electrons. The molecule has 2 aromatic rings. The first kappa shape index (κ1) is 11.3. The lowest BCUT2D eigenvalue weighted by atomic mass is 10.00. The molecule has 1 aromatic carbocycles. The first-order valence-electron chi connectivity index (χ1n) is 5.19. The minimum absolute atomic E-state index is 0.153. The van der Waals surface area contributed by atoms with E-state index in [1.165, 1.54) is 10.9 Å². The summed E-state index contributed by atoms with van der Waals surface area (Å²) >= 11 is 1.71. The first-order chi connectivity index (χ1) is 7.72. The van der Waals surface area contributed by atoms with Gasteiger partial charge in [-0.3, -0.25) is 0 Å². The van der Waals surface area contributed by atoms with Gasteiger partial charge in [0.1, 0.15) is 5.82 Å². The Morgan fingerprint density at radius 3 is 2.69 bits per heavy atom. The highest BCUT2D eigenvalue weighted by Crippen LogP contribution is 2.28. The molecule has 0 amide bonds. The van der Waals surface area contributed by atoms with Crippen molar-refractivity contribution in [2.75, 3.05) is 7.05 Å². The summed E-state index contributed by atoms with van der Waals surface area (Å²) in [7, 11) is 1.92. The van der Waals surface area contributed by atoms with Crippen LogP contribution >= 0.6 is 11.3 Å². The highest BCUT2D eigenvalue weighted by molar-refractivity contribution is 7.10. The van der Waals surface area contributed by atoms with Crippen LogP contribution in [0.3, 0.4) is 0 Å². The summed E-state index contributed by atoms with van der Waals surface area (Å²) in [5.74, 6) is -0.178.